The van der Waals surface area contributed by atoms with Gasteiger partial charge >= 0.3 is 0 Å². The first-order valence-corrected chi connectivity index (χ1v) is 3.08. The number of nitrogens with two attached hydrogens (primary N) is 1. The van der Waals surface area contributed by atoms with Gasteiger partial charge in [-0.1, -0.05) is 0 Å². The Morgan fingerprint density at radius 3 is 2.17 bits per heavy atom. The fraction of sp³-hybridized carbons (Fsp3) is 0. The molecule has 0 spiro atoms. The highest BCUT2D eigenvalue weighted by molar-refractivity contribution is 5.94. The second-order valence-corrected chi connectivity index (χ2v) is 2.10. The molecule has 0 heterocycles. The minimum absolute atomic E-state index is 0. The molecule has 0 saturated carbocycles. The SMILES string of the molecule is Cl.N#Cc1ccc(C(=N)N)cc1. The number of rotatable bonds is 1. The van der Waals surface area contributed by atoms with Crippen LogP contribution in [-0.2, 0) is 0 Å². The number of nitrogens with zero attached hydrogens (tertiary/aromatic N) is 1. The summed E-state index contributed by atoms with van der Waals surface area (Å²) in [6.07, 6.45) is 0. The lowest BCUT2D eigenvalue weighted by Gasteiger charge is -1.95. The van der Waals surface area contributed by atoms with Crippen LogP contribution in [0.2, 0.25) is 0 Å². The van der Waals surface area contributed by atoms with Crippen molar-refractivity contribution in [2.75, 3.05) is 0 Å². The maximum absolute atomic E-state index is 8.43. The molecule has 0 fully saturated rings. The molecule has 0 amide bonds. The zero-order valence-corrected chi connectivity index (χ0v) is 7.06. The van der Waals surface area contributed by atoms with Crippen LogP contribution in [0, 0.1) is 16.7 Å². The van der Waals surface area contributed by atoms with Crippen molar-refractivity contribution in [2.24, 2.45) is 5.73 Å². The summed E-state index contributed by atoms with van der Waals surface area (Å²) in [6.45, 7) is 0. The highest BCUT2D eigenvalue weighted by Crippen LogP contribution is 2.01. The minimum atomic E-state index is 0. The summed E-state index contributed by atoms with van der Waals surface area (Å²) in [6, 6.07) is 8.56. The summed E-state index contributed by atoms with van der Waals surface area (Å²) >= 11 is 0. The van der Waals surface area contributed by atoms with Crippen molar-refractivity contribution in [1.82, 2.24) is 0 Å². The lowest BCUT2D eigenvalue weighted by molar-refractivity contribution is 1.41. The molecule has 0 aliphatic rings. The first-order chi connectivity index (χ1) is 5.24. The van der Waals surface area contributed by atoms with Gasteiger partial charge in [0.25, 0.3) is 0 Å². The van der Waals surface area contributed by atoms with Gasteiger partial charge < -0.3 is 5.73 Å². The Morgan fingerprint density at radius 1 is 1.33 bits per heavy atom. The van der Waals surface area contributed by atoms with E-state index in [-0.39, 0.29) is 18.2 Å². The number of benzene rings is 1. The molecule has 0 aromatic heterocycles. The number of nitriles is 1. The quantitative estimate of drug-likeness (QED) is 0.506. The molecule has 3 nitrogen and oxygen atoms in total. The Labute approximate surface area is 76.7 Å². The molecule has 62 valence electrons. The van der Waals surface area contributed by atoms with E-state index in [1.165, 1.54) is 0 Å². The van der Waals surface area contributed by atoms with E-state index in [4.69, 9.17) is 16.4 Å². The van der Waals surface area contributed by atoms with Gasteiger partial charge in [-0.25, -0.2) is 0 Å². The van der Waals surface area contributed by atoms with Crippen molar-refractivity contribution in [2.45, 2.75) is 0 Å². The van der Waals surface area contributed by atoms with E-state index in [2.05, 4.69) is 0 Å². The number of amidine groups is 1. The molecular weight excluding hydrogens is 174 g/mol. The fourth-order valence-electron chi connectivity index (χ4n) is 0.724. The van der Waals surface area contributed by atoms with Crippen LogP contribution in [0.15, 0.2) is 24.3 Å². The number of hydrogen-bond donors (Lipinski definition) is 2. The minimum Gasteiger partial charge on any atom is -0.384 e. The van der Waals surface area contributed by atoms with Gasteiger partial charge in [-0.05, 0) is 24.3 Å². The topological polar surface area (TPSA) is 73.7 Å². The third-order valence-electron chi connectivity index (χ3n) is 1.33. The molecule has 3 N–H and O–H groups in total. The van der Waals surface area contributed by atoms with Gasteiger partial charge in [0.2, 0.25) is 0 Å². The first-order valence-electron chi connectivity index (χ1n) is 3.08. The van der Waals surface area contributed by atoms with E-state index in [1.807, 2.05) is 6.07 Å². The van der Waals surface area contributed by atoms with E-state index < -0.39 is 0 Å². The van der Waals surface area contributed by atoms with E-state index in [0.717, 1.165) is 0 Å². The summed E-state index contributed by atoms with van der Waals surface area (Å²) in [5.74, 6) is 0.0227. The number of halogens is 1. The van der Waals surface area contributed by atoms with Crippen molar-refractivity contribution >= 4 is 18.2 Å². The zero-order valence-electron chi connectivity index (χ0n) is 6.24. The Kier molecular flexibility index (Phi) is 3.81. The van der Waals surface area contributed by atoms with Gasteiger partial charge in [0, 0.05) is 5.56 Å². The molecule has 0 aliphatic heterocycles. The van der Waals surface area contributed by atoms with Crippen molar-refractivity contribution in [1.29, 1.82) is 10.7 Å². The predicted octanol–water partition coefficient (Wildman–Crippen LogP) is 1.26. The van der Waals surface area contributed by atoms with Gasteiger partial charge in [0.05, 0.1) is 11.6 Å². The van der Waals surface area contributed by atoms with E-state index >= 15 is 0 Å². The van der Waals surface area contributed by atoms with Crippen LogP contribution >= 0.6 is 12.4 Å². The number of nitrogens with one attached hydrogen (secondary N) is 1. The summed E-state index contributed by atoms with van der Waals surface area (Å²) in [5, 5.41) is 15.5. The largest absolute Gasteiger partial charge is 0.384 e. The van der Waals surface area contributed by atoms with Crippen LogP contribution in [0.1, 0.15) is 11.1 Å². The standard InChI is InChI=1S/C8H7N3.ClH/c9-5-6-1-3-7(4-2-6)8(10)11;/h1-4H,(H3,10,11);1H. The fourth-order valence-corrected chi connectivity index (χ4v) is 0.724. The Hall–Kier alpha value is -1.53. The summed E-state index contributed by atoms with van der Waals surface area (Å²) in [5.41, 5.74) is 6.43. The van der Waals surface area contributed by atoms with Crippen LogP contribution in [-0.4, -0.2) is 5.84 Å². The zero-order chi connectivity index (χ0) is 8.27. The van der Waals surface area contributed by atoms with E-state index in [0.29, 0.717) is 11.1 Å². The van der Waals surface area contributed by atoms with Gasteiger partial charge in [0.1, 0.15) is 5.84 Å². The van der Waals surface area contributed by atoms with Crippen molar-refractivity contribution in [3.63, 3.8) is 0 Å². The summed E-state index contributed by atoms with van der Waals surface area (Å²) < 4.78 is 0. The molecule has 0 unspecified atom stereocenters. The molecule has 0 radical (unpaired) electrons. The molecule has 0 atom stereocenters. The smallest absolute Gasteiger partial charge is 0.122 e. The number of nitrogen functional groups attached to an aromatic ring is 1. The van der Waals surface area contributed by atoms with Crippen LogP contribution in [0.25, 0.3) is 0 Å². The van der Waals surface area contributed by atoms with Crippen molar-refractivity contribution in [3.8, 4) is 6.07 Å². The lowest BCUT2D eigenvalue weighted by Crippen LogP contribution is -2.10. The van der Waals surface area contributed by atoms with Gasteiger partial charge in [-0.15, -0.1) is 12.4 Å². The Bertz CT molecular complexity index is 310. The molecule has 0 saturated heterocycles. The average Bonchev–Trinajstić information content (AvgIpc) is 2.05. The second kappa shape index (κ2) is 4.37. The normalized spacial score (nSPS) is 7.92. The maximum atomic E-state index is 8.43. The predicted molar refractivity (Wildman–Crippen MR) is 49.4 cm³/mol. The summed E-state index contributed by atoms with van der Waals surface area (Å²) in [7, 11) is 0. The van der Waals surface area contributed by atoms with Gasteiger partial charge in [-0.2, -0.15) is 5.26 Å². The van der Waals surface area contributed by atoms with Gasteiger partial charge in [0.15, 0.2) is 0 Å². The highest BCUT2D eigenvalue weighted by Gasteiger charge is 1.94. The van der Waals surface area contributed by atoms with E-state index in [9.17, 15) is 0 Å². The first kappa shape index (κ1) is 10.5. The Balaban J connectivity index is 0.00000121. The monoisotopic (exact) mass is 181 g/mol. The molecule has 0 bridgehead atoms. The van der Waals surface area contributed by atoms with Crippen molar-refractivity contribution in [3.05, 3.63) is 35.4 Å². The van der Waals surface area contributed by atoms with Crippen LogP contribution in [0.4, 0.5) is 0 Å². The maximum Gasteiger partial charge on any atom is 0.122 e. The molecule has 1 rings (SSSR count). The number of hydrogen-bond acceptors (Lipinski definition) is 2. The van der Waals surface area contributed by atoms with Crippen LogP contribution < -0.4 is 5.73 Å². The summed E-state index contributed by atoms with van der Waals surface area (Å²) in [4.78, 5) is 0. The molecule has 1 aromatic carbocycles. The third-order valence-corrected chi connectivity index (χ3v) is 1.33. The molecule has 0 aliphatic carbocycles. The van der Waals surface area contributed by atoms with E-state index in [1.54, 1.807) is 24.3 Å². The van der Waals surface area contributed by atoms with Crippen LogP contribution in [0.3, 0.4) is 0 Å². The molecule has 1 aromatic rings. The molecular formula is C8H8ClN3. The second-order valence-electron chi connectivity index (χ2n) is 2.10. The lowest BCUT2D eigenvalue weighted by atomic mass is 10.1. The third kappa shape index (κ3) is 2.26. The Morgan fingerprint density at radius 2 is 1.83 bits per heavy atom. The average molecular weight is 182 g/mol. The highest BCUT2D eigenvalue weighted by atomic mass is 35.5. The molecule has 4 heteroatoms. The van der Waals surface area contributed by atoms with Crippen LogP contribution in [0.5, 0.6) is 0 Å². The van der Waals surface area contributed by atoms with Crippen molar-refractivity contribution < 1.29 is 0 Å². The molecule has 12 heavy (non-hydrogen) atoms. The van der Waals surface area contributed by atoms with Gasteiger partial charge in [-0.3, -0.25) is 5.41 Å².